The summed E-state index contributed by atoms with van der Waals surface area (Å²) in [5, 5.41) is 10.5. The van der Waals surface area contributed by atoms with Crippen molar-refractivity contribution in [3.8, 4) is 11.3 Å². The first-order valence-electron chi connectivity index (χ1n) is 12.5. The normalized spacial score (nSPS) is 21.3. The van der Waals surface area contributed by atoms with Crippen LogP contribution in [0.5, 0.6) is 0 Å². The number of benzene rings is 1. The van der Waals surface area contributed by atoms with Crippen molar-refractivity contribution in [2.75, 3.05) is 18.0 Å². The first-order chi connectivity index (χ1) is 17.2. The Morgan fingerprint density at radius 2 is 1.81 bits per heavy atom. The van der Waals surface area contributed by atoms with Crippen LogP contribution in [0.3, 0.4) is 0 Å². The molecule has 1 saturated carbocycles. The third-order valence-electron chi connectivity index (χ3n) is 7.46. The lowest BCUT2D eigenvalue weighted by molar-refractivity contribution is -0.0392. The van der Waals surface area contributed by atoms with Crippen molar-refractivity contribution in [2.45, 2.75) is 57.1 Å². The fourth-order valence-corrected chi connectivity index (χ4v) is 5.45. The zero-order valence-electron chi connectivity index (χ0n) is 20.4. The highest BCUT2D eigenvalue weighted by molar-refractivity contribution is 5.63. The van der Waals surface area contributed by atoms with Crippen molar-refractivity contribution in [1.29, 1.82) is 0 Å². The monoisotopic (exact) mass is 496 g/mol. The highest BCUT2D eigenvalue weighted by Crippen LogP contribution is 2.42. The highest BCUT2D eigenvalue weighted by atomic mass is 19.1. The number of aryl methyl sites for hydroxylation is 2. The Bertz CT molecular complexity index is 1230. The summed E-state index contributed by atoms with van der Waals surface area (Å²) in [5.74, 6) is -2.18. The van der Waals surface area contributed by atoms with Gasteiger partial charge in [0.2, 0.25) is 0 Å². The van der Waals surface area contributed by atoms with Crippen molar-refractivity contribution in [3.63, 3.8) is 0 Å². The summed E-state index contributed by atoms with van der Waals surface area (Å²) in [7, 11) is 0. The summed E-state index contributed by atoms with van der Waals surface area (Å²) in [6.07, 6.45) is 7.29. The second-order valence-electron chi connectivity index (χ2n) is 10.3. The van der Waals surface area contributed by atoms with Gasteiger partial charge in [-0.15, -0.1) is 0 Å². The molecule has 5 rings (SSSR count). The fourth-order valence-electron chi connectivity index (χ4n) is 5.45. The van der Waals surface area contributed by atoms with Crippen LogP contribution in [0, 0.1) is 23.4 Å². The van der Waals surface area contributed by atoms with Crippen LogP contribution < -0.4 is 10.6 Å². The SMILES string of the molecule is C[C@@H]1C[C@H](N)CN(c2ccncc2CCc2ccc(F)c(-c3c(F)cc(C4(O)CCC4)cc3F)n2)C1. The van der Waals surface area contributed by atoms with E-state index in [0.29, 0.717) is 37.3 Å². The van der Waals surface area contributed by atoms with E-state index in [1.807, 2.05) is 12.3 Å². The minimum atomic E-state index is -1.22. The van der Waals surface area contributed by atoms with E-state index < -0.39 is 28.6 Å². The molecule has 1 aromatic carbocycles. The average Bonchev–Trinajstić information content (AvgIpc) is 2.82. The molecule has 0 bridgehead atoms. The van der Waals surface area contributed by atoms with Gasteiger partial charge in [-0.3, -0.25) is 4.98 Å². The van der Waals surface area contributed by atoms with Crippen LogP contribution in [0.2, 0.25) is 0 Å². The molecule has 2 atom stereocenters. The second kappa shape index (κ2) is 9.82. The Morgan fingerprint density at radius 1 is 1.06 bits per heavy atom. The lowest BCUT2D eigenvalue weighted by Gasteiger charge is -2.37. The van der Waals surface area contributed by atoms with Gasteiger partial charge in [0.1, 0.15) is 23.1 Å². The van der Waals surface area contributed by atoms with E-state index in [9.17, 15) is 18.3 Å². The van der Waals surface area contributed by atoms with Gasteiger partial charge >= 0.3 is 0 Å². The lowest BCUT2D eigenvalue weighted by Crippen LogP contribution is -2.46. The molecular weight excluding hydrogens is 465 g/mol. The van der Waals surface area contributed by atoms with Crippen LogP contribution in [0.4, 0.5) is 18.9 Å². The molecule has 5 nitrogen and oxygen atoms in total. The van der Waals surface area contributed by atoms with Gasteiger partial charge in [-0.05, 0) is 85.9 Å². The smallest absolute Gasteiger partial charge is 0.149 e. The number of aliphatic hydroxyl groups is 1. The summed E-state index contributed by atoms with van der Waals surface area (Å²) < 4.78 is 44.7. The number of rotatable bonds is 6. The van der Waals surface area contributed by atoms with Crippen LogP contribution in [-0.2, 0) is 18.4 Å². The maximum Gasteiger partial charge on any atom is 0.149 e. The minimum absolute atomic E-state index is 0.109. The Hall–Kier alpha value is -2.97. The third kappa shape index (κ3) is 4.84. The molecule has 3 aromatic rings. The van der Waals surface area contributed by atoms with E-state index in [4.69, 9.17) is 5.73 Å². The largest absolute Gasteiger partial charge is 0.385 e. The van der Waals surface area contributed by atoms with Crippen LogP contribution in [0.15, 0.2) is 42.7 Å². The van der Waals surface area contributed by atoms with E-state index in [-0.39, 0.29) is 17.3 Å². The Kier molecular flexibility index (Phi) is 6.74. The molecule has 3 N–H and O–H groups in total. The van der Waals surface area contributed by atoms with Crippen molar-refractivity contribution in [3.05, 3.63) is 77.0 Å². The fraction of sp³-hybridized carbons (Fsp3) is 0.429. The molecule has 36 heavy (non-hydrogen) atoms. The first-order valence-corrected chi connectivity index (χ1v) is 12.5. The average molecular weight is 497 g/mol. The van der Waals surface area contributed by atoms with E-state index in [0.717, 1.165) is 49.3 Å². The summed E-state index contributed by atoms with van der Waals surface area (Å²) in [5.41, 5.74) is 6.93. The summed E-state index contributed by atoms with van der Waals surface area (Å²) >= 11 is 0. The van der Waals surface area contributed by atoms with Crippen molar-refractivity contribution in [2.24, 2.45) is 11.7 Å². The van der Waals surface area contributed by atoms with Crippen LogP contribution in [0.25, 0.3) is 11.3 Å². The van der Waals surface area contributed by atoms with Crippen molar-refractivity contribution >= 4 is 5.69 Å². The molecule has 1 saturated heterocycles. The molecule has 2 aliphatic rings. The molecule has 0 amide bonds. The number of nitrogens with zero attached hydrogens (tertiary/aromatic N) is 3. The summed E-state index contributed by atoms with van der Waals surface area (Å²) in [4.78, 5) is 10.9. The van der Waals surface area contributed by atoms with Crippen molar-refractivity contribution in [1.82, 2.24) is 9.97 Å². The molecule has 1 aliphatic heterocycles. The highest BCUT2D eigenvalue weighted by Gasteiger charge is 2.37. The number of nitrogens with two attached hydrogens (primary N) is 1. The number of pyridine rings is 2. The van der Waals surface area contributed by atoms with Crippen LogP contribution >= 0.6 is 0 Å². The molecule has 0 unspecified atom stereocenters. The van der Waals surface area contributed by atoms with Gasteiger partial charge < -0.3 is 15.7 Å². The number of halogens is 3. The zero-order valence-corrected chi connectivity index (χ0v) is 20.4. The number of aromatic nitrogens is 2. The van der Waals surface area contributed by atoms with E-state index in [1.54, 1.807) is 6.20 Å². The molecule has 3 heterocycles. The Morgan fingerprint density at radius 3 is 2.47 bits per heavy atom. The van der Waals surface area contributed by atoms with Gasteiger partial charge in [0.25, 0.3) is 0 Å². The van der Waals surface area contributed by atoms with Gasteiger partial charge in [0.15, 0.2) is 0 Å². The maximum absolute atomic E-state index is 15.0. The zero-order chi connectivity index (χ0) is 25.4. The lowest BCUT2D eigenvalue weighted by atomic mass is 9.75. The van der Waals surface area contributed by atoms with E-state index in [1.165, 1.54) is 12.1 Å². The predicted octanol–water partition coefficient (Wildman–Crippen LogP) is 4.89. The molecule has 0 radical (unpaired) electrons. The predicted molar refractivity (Wildman–Crippen MR) is 133 cm³/mol. The van der Waals surface area contributed by atoms with Gasteiger partial charge in [-0.25, -0.2) is 18.2 Å². The summed E-state index contributed by atoms with van der Waals surface area (Å²) in [6, 6.07) is 7.01. The first kappa shape index (κ1) is 24.7. The van der Waals surface area contributed by atoms with Crippen LogP contribution in [0.1, 0.15) is 49.4 Å². The molecule has 2 aromatic heterocycles. The van der Waals surface area contributed by atoms with Crippen molar-refractivity contribution < 1.29 is 18.3 Å². The number of hydrogen-bond donors (Lipinski definition) is 2. The molecule has 8 heteroatoms. The molecule has 190 valence electrons. The van der Waals surface area contributed by atoms with E-state index in [2.05, 4.69) is 21.8 Å². The summed E-state index contributed by atoms with van der Waals surface area (Å²) in [6.45, 7) is 3.87. The molecule has 2 fully saturated rings. The van der Waals surface area contributed by atoms with E-state index >= 15 is 0 Å². The molecule has 1 aliphatic carbocycles. The Labute approximate surface area is 209 Å². The van der Waals surface area contributed by atoms with Gasteiger partial charge in [-0.1, -0.05) is 6.92 Å². The van der Waals surface area contributed by atoms with Gasteiger partial charge in [0.05, 0.1) is 11.2 Å². The second-order valence-corrected chi connectivity index (χ2v) is 10.3. The number of piperidine rings is 1. The minimum Gasteiger partial charge on any atom is -0.385 e. The van der Waals surface area contributed by atoms with Crippen LogP contribution in [-0.4, -0.2) is 34.2 Å². The maximum atomic E-state index is 15.0. The standard InChI is InChI=1S/C28H31F3N4O/c1-17-11-20(32)16-35(15-17)25-7-10-33-14-18(25)3-4-21-5-6-22(29)27(34-21)26-23(30)12-19(13-24(26)31)28(36)8-2-9-28/h5-7,10,12-14,17,20,36H,2-4,8-9,11,15-16,32H2,1H3/t17-,20+/m1/s1. The van der Waals surface area contributed by atoms with Gasteiger partial charge in [0, 0.05) is 42.9 Å². The number of anilines is 1. The number of hydrogen-bond acceptors (Lipinski definition) is 5. The molecular formula is C28H31F3N4O. The molecule has 0 spiro atoms. The Balaban J connectivity index is 1.39. The quantitative estimate of drug-likeness (QED) is 0.508. The van der Waals surface area contributed by atoms with Gasteiger partial charge in [-0.2, -0.15) is 0 Å². The topological polar surface area (TPSA) is 75.3 Å². The third-order valence-corrected chi connectivity index (χ3v) is 7.46.